The zero-order valence-corrected chi connectivity index (χ0v) is 12.8. The Bertz CT molecular complexity index is 433. The van der Waals surface area contributed by atoms with E-state index in [0.29, 0.717) is 12.0 Å². The highest BCUT2D eigenvalue weighted by molar-refractivity contribution is 5.22. The van der Waals surface area contributed by atoms with Crippen LogP contribution in [0.25, 0.3) is 0 Å². The normalized spacial score (nSPS) is 23.2. The van der Waals surface area contributed by atoms with Gasteiger partial charge >= 0.3 is 0 Å². The van der Waals surface area contributed by atoms with E-state index in [-0.39, 0.29) is 17.9 Å². The lowest BCUT2D eigenvalue weighted by atomic mass is 9.93. The molecule has 3 atom stereocenters. The first kappa shape index (κ1) is 15.5. The van der Waals surface area contributed by atoms with Gasteiger partial charge < -0.3 is 5.73 Å². The number of hydrogen-bond donors (Lipinski definition) is 1. The third kappa shape index (κ3) is 3.21. The van der Waals surface area contributed by atoms with Gasteiger partial charge in [-0.3, -0.25) is 4.90 Å². The Morgan fingerprint density at radius 3 is 2.75 bits per heavy atom. The molecule has 0 saturated carbocycles. The van der Waals surface area contributed by atoms with Crippen LogP contribution >= 0.6 is 0 Å². The third-order valence-corrected chi connectivity index (χ3v) is 4.54. The first-order valence-corrected chi connectivity index (χ1v) is 7.81. The lowest BCUT2D eigenvalue weighted by Gasteiger charge is -2.38. The number of hydrogen-bond acceptors (Lipinski definition) is 2. The van der Waals surface area contributed by atoms with Crippen molar-refractivity contribution in [2.24, 2.45) is 11.7 Å². The number of rotatable bonds is 5. The molecule has 112 valence electrons. The molecule has 0 aliphatic carbocycles. The zero-order valence-electron chi connectivity index (χ0n) is 12.8. The summed E-state index contributed by atoms with van der Waals surface area (Å²) >= 11 is 0. The molecule has 2 nitrogen and oxygen atoms in total. The molecule has 1 aromatic rings. The molecule has 2 rings (SSSR count). The smallest absolute Gasteiger partial charge is 0.123 e. The summed E-state index contributed by atoms with van der Waals surface area (Å²) in [6.45, 7) is 7.71. The van der Waals surface area contributed by atoms with E-state index in [1.165, 1.54) is 18.9 Å². The maximum absolute atomic E-state index is 13.6. The fraction of sp³-hybridized carbons (Fsp3) is 0.647. The van der Waals surface area contributed by atoms with Crippen molar-refractivity contribution in [2.75, 3.05) is 6.54 Å². The van der Waals surface area contributed by atoms with Crippen LogP contribution in [0.1, 0.15) is 51.6 Å². The van der Waals surface area contributed by atoms with E-state index in [4.69, 9.17) is 5.73 Å². The minimum atomic E-state index is -0.170. The van der Waals surface area contributed by atoms with Gasteiger partial charge in [0.1, 0.15) is 5.82 Å². The average Bonchev–Trinajstić information content (AvgIpc) is 2.88. The van der Waals surface area contributed by atoms with E-state index in [9.17, 15) is 4.39 Å². The maximum Gasteiger partial charge on any atom is 0.123 e. The van der Waals surface area contributed by atoms with E-state index in [1.54, 1.807) is 12.1 Å². The van der Waals surface area contributed by atoms with E-state index in [1.807, 2.05) is 6.07 Å². The van der Waals surface area contributed by atoms with Gasteiger partial charge in [0.05, 0.1) is 6.04 Å². The number of halogens is 1. The summed E-state index contributed by atoms with van der Waals surface area (Å²) in [5, 5.41) is 0. The van der Waals surface area contributed by atoms with Crippen molar-refractivity contribution in [3.63, 3.8) is 0 Å². The molecule has 0 spiro atoms. The van der Waals surface area contributed by atoms with E-state index >= 15 is 0 Å². The first-order valence-electron chi connectivity index (χ1n) is 7.81. The highest BCUT2D eigenvalue weighted by Gasteiger charge is 2.35. The number of nitrogens with zero attached hydrogens (tertiary/aromatic N) is 1. The summed E-state index contributed by atoms with van der Waals surface area (Å²) < 4.78 is 13.6. The van der Waals surface area contributed by atoms with Crippen LogP contribution in [0, 0.1) is 11.7 Å². The van der Waals surface area contributed by atoms with Crippen molar-refractivity contribution in [1.29, 1.82) is 0 Å². The van der Waals surface area contributed by atoms with Gasteiger partial charge in [0.2, 0.25) is 0 Å². The lowest BCUT2D eigenvalue weighted by molar-refractivity contribution is 0.124. The van der Waals surface area contributed by atoms with E-state index in [2.05, 4.69) is 25.7 Å². The van der Waals surface area contributed by atoms with Crippen molar-refractivity contribution in [3.8, 4) is 0 Å². The molecule has 1 heterocycles. The summed E-state index contributed by atoms with van der Waals surface area (Å²) in [5.74, 6) is 0.439. The molecule has 0 amide bonds. The lowest BCUT2D eigenvalue weighted by Crippen LogP contribution is -2.45. The predicted octanol–water partition coefficient (Wildman–Crippen LogP) is 3.72. The summed E-state index contributed by atoms with van der Waals surface area (Å²) in [6.07, 6.45) is 3.34. The minimum Gasteiger partial charge on any atom is -0.326 e. The largest absolute Gasteiger partial charge is 0.326 e. The Morgan fingerprint density at radius 2 is 2.15 bits per heavy atom. The van der Waals surface area contributed by atoms with Crippen molar-refractivity contribution in [1.82, 2.24) is 4.90 Å². The monoisotopic (exact) mass is 278 g/mol. The van der Waals surface area contributed by atoms with Crippen molar-refractivity contribution in [2.45, 2.75) is 58.2 Å². The van der Waals surface area contributed by atoms with Gasteiger partial charge in [-0.2, -0.15) is 0 Å². The van der Waals surface area contributed by atoms with Crippen LogP contribution < -0.4 is 5.73 Å². The summed E-state index contributed by atoms with van der Waals surface area (Å²) in [5.41, 5.74) is 7.40. The Labute approximate surface area is 122 Å². The summed E-state index contributed by atoms with van der Waals surface area (Å²) in [4.78, 5) is 2.51. The number of likely N-dealkylation sites (tertiary alicyclic amines) is 1. The van der Waals surface area contributed by atoms with Crippen LogP contribution in [0.4, 0.5) is 4.39 Å². The van der Waals surface area contributed by atoms with Crippen molar-refractivity contribution >= 4 is 0 Å². The summed E-state index contributed by atoms with van der Waals surface area (Å²) in [6, 6.07) is 7.69. The molecule has 0 aromatic heterocycles. The van der Waals surface area contributed by atoms with Gasteiger partial charge in [0, 0.05) is 12.1 Å². The molecule has 1 saturated heterocycles. The molecule has 1 fully saturated rings. The van der Waals surface area contributed by atoms with Crippen molar-refractivity contribution in [3.05, 3.63) is 35.6 Å². The second-order valence-corrected chi connectivity index (χ2v) is 6.26. The molecule has 2 N–H and O–H groups in total. The second kappa shape index (κ2) is 6.68. The third-order valence-electron chi connectivity index (χ3n) is 4.54. The van der Waals surface area contributed by atoms with Gasteiger partial charge in [-0.25, -0.2) is 4.39 Å². The molecular formula is C17H27FN2. The Kier molecular flexibility index (Phi) is 5.17. The summed E-state index contributed by atoms with van der Waals surface area (Å²) in [7, 11) is 0. The number of nitrogens with two attached hydrogens (primary N) is 1. The van der Waals surface area contributed by atoms with E-state index < -0.39 is 0 Å². The molecule has 0 radical (unpaired) electrons. The van der Waals surface area contributed by atoms with Gasteiger partial charge in [-0.1, -0.05) is 32.9 Å². The van der Waals surface area contributed by atoms with Crippen LogP contribution in [-0.4, -0.2) is 23.5 Å². The molecule has 1 aliphatic rings. The maximum atomic E-state index is 13.6. The Hall–Kier alpha value is -0.930. The van der Waals surface area contributed by atoms with Crippen LogP contribution in [0.5, 0.6) is 0 Å². The topological polar surface area (TPSA) is 29.3 Å². The Morgan fingerprint density at radius 1 is 1.40 bits per heavy atom. The van der Waals surface area contributed by atoms with Gasteiger partial charge in [0.25, 0.3) is 0 Å². The molecule has 0 bridgehead atoms. The second-order valence-electron chi connectivity index (χ2n) is 6.26. The standard InChI is InChI=1S/C17H27FN2/c1-4-15(19)17(13-7-5-8-14(18)11-13)20-10-6-9-16(20)12(2)3/h5,7-8,11-12,15-17H,4,6,9-10,19H2,1-3H3. The molecular weight excluding hydrogens is 251 g/mol. The fourth-order valence-corrected chi connectivity index (χ4v) is 3.47. The van der Waals surface area contributed by atoms with Crippen LogP contribution in [0.3, 0.4) is 0 Å². The fourth-order valence-electron chi connectivity index (χ4n) is 3.47. The van der Waals surface area contributed by atoms with Gasteiger partial charge in [-0.15, -0.1) is 0 Å². The highest BCUT2D eigenvalue weighted by atomic mass is 19.1. The van der Waals surface area contributed by atoms with Gasteiger partial charge in [0.15, 0.2) is 0 Å². The minimum absolute atomic E-state index is 0.0520. The van der Waals surface area contributed by atoms with Crippen LogP contribution in [0.2, 0.25) is 0 Å². The molecule has 3 unspecified atom stereocenters. The number of benzene rings is 1. The van der Waals surface area contributed by atoms with E-state index in [0.717, 1.165) is 18.5 Å². The van der Waals surface area contributed by atoms with Crippen molar-refractivity contribution < 1.29 is 4.39 Å². The predicted molar refractivity (Wildman–Crippen MR) is 82.0 cm³/mol. The van der Waals surface area contributed by atoms with Crippen LogP contribution in [-0.2, 0) is 0 Å². The quantitative estimate of drug-likeness (QED) is 0.889. The van der Waals surface area contributed by atoms with Gasteiger partial charge in [-0.05, 0) is 49.4 Å². The zero-order chi connectivity index (χ0) is 14.7. The highest BCUT2D eigenvalue weighted by Crippen LogP contribution is 2.35. The molecule has 1 aliphatic heterocycles. The Balaban J connectivity index is 2.32. The SMILES string of the molecule is CCC(N)C(c1cccc(F)c1)N1CCCC1C(C)C. The average molecular weight is 278 g/mol. The first-order chi connectivity index (χ1) is 9.54. The molecule has 20 heavy (non-hydrogen) atoms. The van der Waals surface area contributed by atoms with Crippen LogP contribution in [0.15, 0.2) is 24.3 Å². The molecule has 3 heteroatoms. The molecule has 1 aromatic carbocycles.